The van der Waals surface area contributed by atoms with Gasteiger partial charge in [0.1, 0.15) is 6.54 Å². The Morgan fingerprint density at radius 3 is 2.48 bits per heavy atom. The fourth-order valence-corrected chi connectivity index (χ4v) is 5.18. The summed E-state index contributed by atoms with van der Waals surface area (Å²) >= 11 is 1.53. The van der Waals surface area contributed by atoms with E-state index in [4.69, 9.17) is 0 Å². The van der Waals surface area contributed by atoms with Gasteiger partial charge >= 0.3 is 6.18 Å². The molecule has 1 aliphatic heterocycles. The number of thiazole rings is 1. The first-order chi connectivity index (χ1) is 11.6. The summed E-state index contributed by atoms with van der Waals surface area (Å²) in [6.45, 7) is -0.472. The van der Waals surface area contributed by atoms with Crippen molar-refractivity contribution in [1.82, 2.24) is 9.29 Å². The van der Waals surface area contributed by atoms with Crippen molar-refractivity contribution in [2.75, 3.05) is 30.8 Å². The highest BCUT2D eigenvalue weighted by Crippen LogP contribution is 2.32. The summed E-state index contributed by atoms with van der Waals surface area (Å²) in [7, 11) is -3.92. The second-order valence-electron chi connectivity index (χ2n) is 6.11. The van der Waals surface area contributed by atoms with Gasteiger partial charge in [0.2, 0.25) is 10.0 Å². The van der Waals surface area contributed by atoms with Gasteiger partial charge in [0.25, 0.3) is 0 Å². The van der Waals surface area contributed by atoms with Crippen LogP contribution in [0.5, 0.6) is 0 Å². The third-order valence-corrected chi connectivity index (χ3v) is 6.56. The van der Waals surface area contributed by atoms with Crippen LogP contribution in [0.3, 0.4) is 0 Å². The van der Waals surface area contributed by atoms with Gasteiger partial charge in [-0.3, -0.25) is 0 Å². The number of rotatable bonds is 4. The van der Waals surface area contributed by atoms with Crippen LogP contribution in [0.15, 0.2) is 24.3 Å². The van der Waals surface area contributed by atoms with E-state index in [1.54, 1.807) is 0 Å². The minimum atomic E-state index is -4.55. The molecule has 2 aromatic rings. The number of sulfonamides is 1. The molecule has 1 aromatic heterocycles. The van der Waals surface area contributed by atoms with Crippen molar-refractivity contribution >= 4 is 36.7 Å². The molecule has 0 aliphatic carbocycles. The lowest BCUT2D eigenvalue weighted by Gasteiger charge is -2.37. The molecule has 3 rings (SSSR count). The minimum Gasteiger partial charge on any atom is -0.348 e. The van der Waals surface area contributed by atoms with Gasteiger partial charge in [-0.1, -0.05) is 23.5 Å². The van der Waals surface area contributed by atoms with Crippen molar-refractivity contribution in [3.8, 4) is 0 Å². The quantitative estimate of drug-likeness (QED) is 0.801. The van der Waals surface area contributed by atoms with Gasteiger partial charge in [-0.15, -0.1) is 0 Å². The average Bonchev–Trinajstić information content (AvgIpc) is 2.95. The Morgan fingerprint density at radius 2 is 1.92 bits per heavy atom. The predicted molar refractivity (Wildman–Crippen MR) is 92.5 cm³/mol. The zero-order chi connectivity index (χ0) is 18.2. The Morgan fingerprint density at radius 1 is 1.28 bits per heavy atom. The molecule has 5 nitrogen and oxygen atoms in total. The maximum atomic E-state index is 12.7. The number of para-hydroxylation sites is 1. The van der Waals surface area contributed by atoms with Crippen LogP contribution in [0.1, 0.15) is 12.8 Å². The fraction of sp³-hybridized carbons (Fsp3) is 0.533. The molecule has 138 valence electrons. The van der Waals surface area contributed by atoms with Crippen molar-refractivity contribution in [3.63, 3.8) is 0 Å². The number of anilines is 1. The highest BCUT2D eigenvalue weighted by molar-refractivity contribution is 7.88. The molecule has 25 heavy (non-hydrogen) atoms. The SMILES string of the molecule is CS(=O)(=O)N(CC(F)(F)F)C1CCN(c2nc3ccccc3s2)CC1. The van der Waals surface area contributed by atoms with Crippen LogP contribution in [0.2, 0.25) is 0 Å². The van der Waals surface area contributed by atoms with E-state index in [9.17, 15) is 21.6 Å². The van der Waals surface area contributed by atoms with E-state index in [1.807, 2.05) is 29.2 Å². The molecule has 10 heteroatoms. The predicted octanol–water partition coefficient (Wildman–Crippen LogP) is 3.09. The van der Waals surface area contributed by atoms with Crippen molar-refractivity contribution in [3.05, 3.63) is 24.3 Å². The molecule has 0 unspecified atom stereocenters. The van der Waals surface area contributed by atoms with Gasteiger partial charge in [-0.2, -0.15) is 17.5 Å². The smallest absolute Gasteiger partial charge is 0.348 e. The molecule has 1 aromatic carbocycles. The Hall–Kier alpha value is -1.39. The van der Waals surface area contributed by atoms with Crippen molar-refractivity contribution in [2.24, 2.45) is 0 Å². The van der Waals surface area contributed by atoms with Crippen LogP contribution < -0.4 is 4.90 Å². The zero-order valence-electron chi connectivity index (χ0n) is 13.5. The summed E-state index contributed by atoms with van der Waals surface area (Å²) in [5.41, 5.74) is 0.888. The standard InChI is InChI=1S/C15H18F3N3O2S2/c1-25(22,23)21(10-15(16,17)18)11-6-8-20(9-7-11)14-19-12-4-2-3-5-13(12)24-14/h2-5,11H,6-10H2,1H3. The number of hydrogen-bond donors (Lipinski definition) is 0. The van der Waals surface area contributed by atoms with Gasteiger partial charge in [0.15, 0.2) is 5.13 Å². The van der Waals surface area contributed by atoms with Crippen molar-refractivity contribution in [2.45, 2.75) is 25.1 Å². The molecule has 0 spiro atoms. The molecule has 0 amide bonds. The van der Waals surface area contributed by atoms with Gasteiger partial charge < -0.3 is 4.90 Å². The van der Waals surface area contributed by atoms with Crippen molar-refractivity contribution < 1.29 is 21.6 Å². The van der Waals surface area contributed by atoms with E-state index in [-0.39, 0.29) is 0 Å². The van der Waals surface area contributed by atoms with E-state index in [0.29, 0.717) is 30.2 Å². The molecular weight excluding hydrogens is 375 g/mol. The summed E-state index contributed by atoms with van der Waals surface area (Å²) in [6.07, 6.45) is -3.02. The van der Waals surface area contributed by atoms with Crippen LogP contribution in [-0.4, -0.2) is 55.8 Å². The van der Waals surface area contributed by atoms with E-state index in [2.05, 4.69) is 4.98 Å². The first-order valence-electron chi connectivity index (χ1n) is 7.77. The molecule has 0 bridgehead atoms. The number of hydrogen-bond acceptors (Lipinski definition) is 5. The number of piperidine rings is 1. The molecule has 1 aliphatic rings. The van der Waals surface area contributed by atoms with Crippen LogP contribution in [0, 0.1) is 0 Å². The van der Waals surface area contributed by atoms with Crippen LogP contribution in [0.4, 0.5) is 18.3 Å². The lowest BCUT2D eigenvalue weighted by molar-refractivity contribution is -0.139. The molecule has 0 N–H and O–H groups in total. The number of halogens is 3. The van der Waals surface area contributed by atoms with E-state index < -0.39 is 28.8 Å². The lowest BCUT2D eigenvalue weighted by atomic mass is 10.1. The Kier molecular flexibility index (Phi) is 4.95. The number of benzene rings is 1. The molecule has 1 fully saturated rings. The van der Waals surface area contributed by atoms with Gasteiger partial charge in [0.05, 0.1) is 16.5 Å². The molecule has 2 heterocycles. The third-order valence-electron chi connectivity index (χ3n) is 4.19. The summed E-state index contributed by atoms with van der Waals surface area (Å²) in [4.78, 5) is 6.56. The van der Waals surface area contributed by atoms with Crippen LogP contribution in [-0.2, 0) is 10.0 Å². The Labute approximate surface area is 148 Å². The van der Waals surface area contributed by atoms with Gasteiger partial charge in [-0.05, 0) is 25.0 Å². The number of fused-ring (bicyclic) bond motifs is 1. The van der Waals surface area contributed by atoms with Crippen molar-refractivity contribution in [1.29, 1.82) is 0 Å². The molecular formula is C15H18F3N3O2S2. The maximum Gasteiger partial charge on any atom is 0.402 e. The molecule has 0 atom stereocenters. The summed E-state index contributed by atoms with van der Waals surface area (Å²) in [5, 5.41) is 0.821. The first-order valence-corrected chi connectivity index (χ1v) is 10.4. The van der Waals surface area contributed by atoms with Crippen LogP contribution in [0.25, 0.3) is 10.2 Å². The maximum absolute atomic E-state index is 12.7. The second kappa shape index (κ2) is 6.73. The number of alkyl halides is 3. The monoisotopic (exact) mass is 393 g/mol. The summed E-state index contributed by atoms with van der Waals surface area (Å²) in [5.74, 6) is 0. The van der Waals surface area contributed by atoms with Gasteiger partial charge in [-0.25, -0.2) is 13.4 Å². The van der Waals surface area contributed by atoms with E-state index in [0.717, 1.165) is 21.6 Å². The Balaban J connectivity index is 1.71. The largest absolute Gasteiger partial charge is 0.402 e. The van der Waals surface area contributed by atoms with E-state index in [1.165, 1.54) is 11.3 Å². The molecule has 1 saturated heterocycles. The Bertz CT molecular complexity index is 810. The normalized spacial score (nSPS) is 17.6. The number of aromatic nitrogens is 1. The summed E-state index contributed by atoms with van der Waals surface area (Å²) in [6, 6.07) is 7.08. The average molecular weight is 393 g/mol. The second-order valence-corrected chi connectivity index (χ2v) is 9.05. The first kappa shape index (κ1) is 18.4. The number of nitrogens with zero attached hydrogens (tertiary/aromatic N) is 3. The highest BCUT2D eigenvalue weighted by Gasteiger charge is 2.39. The topological polar surface area (TPSA) is 53.5 Å². The third kappa shape index (κ3) is 4.42. The highest BCUT2D eigenvalue weighted by atomic mass is 32.2. The fourth-order valence-electron chi connectivity index (χ4n) is 3.03. The van der Waals surface area contributed by atoms with Gasteiger partial charge in [0, 0.05) is 19.1 Å². The summed E-state index contributed by atoms with van der Waals surface area (Å²) < 4.78 is 63.4. The minimum absolute atomic E-state index is 0.346. The zero-order valence-corrected chi connectivity index (χ0v) is 15.2. The van der Waals surface area contributed by atoms with Crippen LogP contribution >= 0.6 is 11.3 Å². The lowest BCUT2D eigenvalue weighted by Crippen LogP contribution is -2.50. The molecule has 0 radical (unpaired) electrons. The van der Waals surface area contributed by atoms with E-state index >= 15 is 0 Å². The molecule has 0 saturated carbocycles.